The quantitative estimate of drug-likeness (QED) is 0.879. The van der Waals surface area contributed by atoms with Gasteiger partial charge in [0.1, 0.15) is 0 Å². The lowest BCUT2D eigenvalue weighted by atomic mass is 10.1. The predicted molar refractivity (Wildman–Crippen MR) is 70.0 cm³/mol. The zero-order valence-electron chi connectivity index (χ0n) is 11.0. The molecule has 1 amide bonds. The molecule has 1 aliphatic rings. The number of nitrogens with one attached hydrogen (secondary N) is 1. The molecule has 1 unspecified atom stereocenters. The Morgan fingerprint density at radius 3 is 2.90 bits per heavy atom. The average molecular weight is 298 g/mol. The number of ether oxygens (including phenoxy) is 1. The minimum atomic E-state index is -4.45. The van der Waals surface area contributed by atoms with Crippen LogP contribution in [0.1, 0.15) is 10.4 Å². The largest absolute Gasteiger partial charge is 0.416 e. The van der Waals surface area contributed by atoms with Crippen LogP contribution in [0.15, 0.2) is 30.5 Å². The molecule has 1 aliphatic heterocycles. The standard InChI is InChI=1S/C14H13F3N2O2/c15-14(16,17)12-8-19(5-6-21-12)13(20)10-1-2-11-9(7-10)3-4-18-11/h1-4,7,12,18H,5-6,8H2. The third-order valence-electron chi connectivity index (χ3n) is 3.52. The van der Waals surface area contributed by atoms with Crippen molar-refractivity contribution in [1.29, 1.82) is 0 Å². The van der Waals surface area contributed by atoms with Crippen LogP contribution in [0, 0.1) is 0 Å². The fourth-order valence-corrected chi connectivity index (χ4v) is 2.40. The van der Waals surface area contributed by atoms with Gasteiger partial charge >= 0.3 is 6.18 Å². The van der Waals surface area contributed by atoms with E-state index in [2.05, 4.69) is 4.98 Å². The lowest BCUT2D eigenvalue weighted by molar-refractivity contribution is -0.233. The van der Waals surface area contributed by atoms with Gasteiger partial charge in [0.25, 0.3) is 5.91 Å². The predicted octanol–water partition coefficient (Wildman–Crippen LogP) is 2.57. The summed E-state index contributed by atoms with van der Waals surface area (Å²) in [5, 5.41) is 0.849. The number of halogens is 3. The molecule has 2 heterocycles. The summed E-state index contributed by atoms with van der Waals surface area (Å²) in [5.41, 5.74) is 1.26. The van der Waals surface area contributed by atoms with Crippen molar-refractivity contribution in [3.8, 4) is 0 Å². The first kappa shape index (κ1) is 13.9. The van der Waals surface area contributed by atoms with E-state index >= 15 is 0 Å². The number of fused-ring (bicyclic) bond motifs is 1. The molecule has 1 saturated heterocycles. The minimum absolute atomic E-state index is 0.109. The van der Waals surface area contributed by atoms with E-state index in [1.165, 1.54) is 4.90 Å². The second-order valence-electron chi connectivity index (χ2n) is 4.93. The molecule has 1 atom stereocenters. The number of rotatable bonds is 1. The smallest absolute Gasteiger partial charge is 0.365 e. The van der Waals surface area contributed by atoms with Crippen LogP contribution in [-0.4, -0.2) is 47.8 Å². The van der Waals surface area contributed by atoms with Crippen molar-refractivity contribution in [1.82, 2.24) is 9.88 Å². The van der Waals surface area contributed by atoms with Crippen LogP contribution in [0.3, 0.4) is 0 Å². The highest BCUT2D eigenvalue weighted by molar-refractivity contribution is 5.98. The van der Waals surface area contributed by atoms with Gasteiger partial charge in [0.15, 0.2) is 6.10 Å². The molecule has 2 aromatic rings. The summed E-state index contributed by atoms with van der Waals surface area (Å²) in [5.74, 6) is -0.407. The van der Waals surface area contributed by atoms with Gasteiger partial charge in [-0.1, -0.05) is 0 Å². The average Bonchev–Trinajstić information content (AvgIpc) is 2.93. The van der Waals surface area contributed by atoms with Gasteiger partial charge in [-0.2, -0.15) is 13.2 Å². The summed E-state index contributed by atoms with van der Waals surface area (Å²) < 4.78 is 42.7. The molecular formula is C14H13F3N2O2. The van der Waals surface area contributed by atoms with Crippen LogP contribution in [-0.2, 0) is 4.74 Å². The molecule has 1 N–H and O–H groups in total. The Kier molecular flexibility index (Phi) is 3.36. The zero-order valence-corrected chi connectivity index (χ0v) is 11.0. The van der Waals surface area contributed by atoms with Crippen molar-refractivity contribution < 1.29 is 22.7 Å². The first-order chi connectivity index (χ1) is 9.95. The zero-order chi connectivity index (χ0) is 15.0. The lowest BCUT2D eigenvalue weighted by Gasteiger charge is -2.33. The highest BCUT2D eigenvalue weighted by Crippen LogP contribution is 2.26. The molecule has 112 valence electrons. The monoisotopic (exact) mass is 298 g/mol. The van der Waals surface area contributed by atoms with Gasteiger partial charge in [-0.25, -0.2) is 0 Å². The molecule has 7 heteroatoms. The molecule has 1 aromatic heterocycles. The molecule has 0 spiro atoms. The number of morpholine rings is 1. The van der Waals surface area contributed by atoms with Crippen LogP contribution in [0.5, 0.6) is 0 Å². The Morgan fingerprint density at radius 1 is 1.33 bits per heavy atom. The number of hydrogen-bond acceptors (Lipinski definition) is 2. The van der Waals surface area contributed by atoms with Gasteiger partial charge in [-0.05, 0) is 24.3 Å². The van der Waals surface area contributed by atoms with E-state index in [1.807, 2.05) is 6.07 Å². The summed E-state index contributed by atoms with van der Waals surface area (Å²) >= 11 is 0. The minimum Gasteiger partial charge on any atom is -0.365 e. The molecule has 1 aromatic carbocycles. The molecular weight excluding hydrogens is 285 g/mol. The molecule has 1 fully saturated rings. The van der Waals surface area contributed by atoms with Crippen molar-refractivity contribution in [3.05, 3.63) is 36.0 Å². The Morgan fingerprint density at radius 2 is 2.14 bits per heavy atom. The van der Waals surface area contributed by atoms with E-state index in [4.69, 9.17) is 4.74 Å². The van der Waals surface area contributed by atoms with E-state index in [0.717, 1.165) is 10.9 Å². The van der Waals surface area contributed by atoms with Crippen LogP contribution in [0.4, 0.5) is 13.2 Å². The number of H-pyrrole nitrogens is 1. The molecule has 3 rings (SSSR count). The molecule has 4 nitrogen and oxygen atoms in total. The number of alkyl halides is 3. The van der Waals surface area contributed by atoms with Crippen molar-refractivity contribution in [2.24, 2.45) is 0 Å². The third kappa shape index (κ3) is 2.73. The van der Waals surface area contributed by atoms with Crippen molar-refractivity contribution in [2.75, 3.05) is 19.7 Å². The van der Waals surface area contributed by atoms with Gasteiger partial charge in [0, 0.05) is 29.2 Å². The SMILES string of the molecule is O=C(c1ccc2[nH]ccc2c1)N1CCOC(C(F)(F)F)C1. The summed E-state index contributed by atoms with van der Waals surface area (Å²) in [4.78, 5) is 16.5. The van der Waals surface area contributed by atoms with Gasteiger partial charge < -0.3 is 14.6 Å². The fraction of sp³-hybridized carbons (Fsp3) is 0.357. The summed E-state index contributed by atoms with van der Waals surface area (Å²) in [6.45, 7) is -0.410. The van der Waals surface area contributed by atoms with E-state index in [0.29, 0.717) is 5.56 Å². The number of benzene rings is 1. The summed E-state index contributed by atoms with van der Waals surface area (Å²) in [6.07, 6.45) is -4.62. The number of aromatic nitrogens is 1. The van der Waals surface area contributed by atoms with Crippen LogP contribution >= 0.6 is 0 Å². The van der Waals surface area contributed by atoms with Gasteiger partial charge in [0.05, 0.1) is 13.2 Å². The maximum absolute atomic E-state index is 12.7. The second kappa shape index (κ2) is 5.07. The highest BCUT2D eigenvalue weighted by atomic mass is 19.4. The van der Waals surface area contributed by atoms with Crippen molar-refractivity contribution in [3.63, 3.8) is 0 Å². The molecule has 0 bridgehead atoms. The van der Waals surface area contributed by atoms with Crippen molar-refractivity contribution >= 4 is 16.8 Å². The maximum atomic E-state index is 12.7. The van der Waals surface area contributed by atoms with E-state index < -0.39 is 24.7 Å². The molecule has 0 saturated carbocycles. The number of carbonyl (C=O) groups is 1. The Bertz CT molecular complexity index is 666. The Labute approximate surface area is 118 Å². The van der Waals surface area contributed by atoms with E-state index in [1.54, 1.807) is 24.4 Å². The van der Waals surface area contributed by atoms with Gasteiger partial charge in [0.2, 0.25) is 0 Å². The number of amides is 1. The maximum Gasteiger partial charge on any atom is 0.416 e. The lowest BCUT2D eigenvalue weighted by Crippen LogP contribution is -2.51. The van der Waals surface area contributed by atoms with E-state index in [9.17, 15) is 18.0 Å². The number of hydrogen-bond donors (Lipinski definition) is 1. The number of aromatic amines is 1. The molecule has 21 heavy (non-hydrogen) atoms. The van der Waals surface area contributed by atoms with Crippen molar-refractivity contribution in [2.45, 2.75) is 12.3 Å². The fourth-order valence-electron chi connectivity index (χ4n) is 2.40. The van der Waals surface area contributed by atoms with Crippen LogP contribution in [0.25, 0.3) is 10.9 Å². The first-order valence-electron chi connectivity index (χ1n) is 6.50. The van der Waals surface area contributed by atoms with Crippen LogP contribution < -0.4 is 0 Å². The number of carbonyl (C=O) groups excluding carboxylic acids is 1. The highest BCUT2D eigenvalue weighted by Gasteiger charge is 2.44. The number of nitrogens with zero attached hydrogens (tertiary/aromatic N) is 1. The third-order valence-corrected chi connectivity index (χ3v) is 3.52. The van der Waals surface area contributed by atoms with Crippen LogP contribution in [0.2, 0.25) is 0 Å². The van der Waals surface area contributed by atoms with Gasteiger partial charge in [-0.15, -0.1) is 0 Å². The summed E-state index contributed by atoms with van der Waals surface area (Å²) in [6, 6.07) is 6.83. The molecule has 0 radical (unpaired) electrons. The van der Waals surface area contributed by atoms with E-state index in [-0.39, 0.29) is 13.2 Å². The Hall–Kier alpha value is -2.02. The normalized spacial score (nSPS) is 20.0. The summed E-state index contributed by atoms with van der Waals surface area (Å²) in [7, 11) is 0. The topological polar surface area (TPSA) is 45.3 Å². The first-order valence-corrected chi connectivity index (χ1v) is 6.50. The Balaban J connectivity index is 1.80. The van der Waals surface area contributed by atoms with Gasteiger partial charge in [-0.3, -0.25) is 4.79 Å². The second-order valence-corrected chi connectivity index (χ2v) is 4.93. The molecule has 0 aliphatic carbocycles.